The Morgan fingerprint density at radius 1 is 1.00 bits per heavy atom. The number of rotatable bonds is 4. The molecule has 1 aliphatic heterocycles. The third-order valence-electron chi connectivity index (χ3n) is 3.55. The maximum atomic E-state index is 10.4. The van der Waals surface area contributed by atoms with Crippen LogP contribution in [0, 0.1) is 0 Å². The fourth-order valence-corrected chi connectivity index (χ4v) is 2.43. The largest absolute Gasteiger partial charge is 0.454 e. The second kappa shape index (κ2) is 5.55. The molecule has 0 saturated heterocycles. The summed E-state index contributed by atoms with van der Waals surface area (Å²) in [6.07, 6.45) is 1.56. The Morgan fingerprint density at radius 3 is 2.45 bits per heavy atom. The van der Waals surface area contributed by atoms with Crippen molar-refractivity contribution in [2.45, 2.75) is 25.9 Å². The van der Waals surface area contributed by atoms with Gasteiger partial charge in [-0.2, -0.15) is 0 Å². The van der Waals surface area contributed by atoms with E-state index in [1.807, 2.05) is 30.3 Å². The van der Waals surface area contributed by atoms with Crippen LogP contribution in [0.4, 0.5) is 0 Å². The van der Waals surface area contributed by atoms with Crippen molar-refractivity contribution in [3.63, 3.8) is 0 Å². The number of benzene rings is 2. The number of aliphatic hydroxyl groups excluding tert-OH is 1. The molecule has 2 aromatic rings. The average Bonchev–Trinajstić information content (AvgIpc) is 2.95. The molecule has 0 spiro atoms. The molecule has 0 bridgehead atoms. The van der Waals surface area contributed by atoms with E-state index in [1.54, 1.807) is 0 Å². The highest BCUT2D eigenvalue weighted by molar-refractivity contribution is 5.46. The van der Waals surface area contributed by atoms with Gasteiger partial charge < -0.3 is 14.6 Å². The third kappa shape index (κ3) is 2.49. The highest BCUT2D eigenvalue weighted by atomic mass is 16.7. The van der Waals surface area contributed by atoms with E-state index in [-0.39, 0.29) is 6.79 Å². The lowest BCUT2D eigenvalue weighted by Crippen LogP contribution is -2.00. The normalized spacial score (nSPS) is 14.3. The molecular formula is C17H18O3. The minimum atomic E-state index is -0.639. The summed E-state index contributed by atoms with van der Waals surface area (Å²) in [5.41, 5.74) is 3.01. The molecule has 0 aromatic heterocycles. The first-order valence-corrected chi connectivity index (χ1v) is 6.94. The van der Waals surface area contributed by atoms with Gasteiger partial charge in [-0.15, -0.1) is 0 Å². The third-order valence-corrected chi connectivity index (χ3v) is 3.55. The van der Waals surface area contributed by atoms with Gasteiger partial charge in [-0.25, -0.2) is 0 Å². The van der Waals surface area contributed by atoms with Crippen LogP contribution in [0.25, 0.3) is 0 Å². The first-order chi connectivity index (χ1) is 9.78. The van der Waals surface area contributed by atoms with Crippen LogP contribution in [0.2, 0.25) is 0 Å². The lowest BCUT2D eigenvalue weighted by Gasteiger charge is -2.12. The summed E-state index contributed by atoms with van der Waals surface area (Å²) in [5.74, 6) is 1.43. The van der Waals surface area contributed by atoms with Crippen molar-refractivity contribution in [2.24, 2.45) is 0 Å². The highest BCUT2D eigenvalue weighted by Gasteiger charge is 2.17. The smallest absolute Gasteiger partial charge is 0.231 e. The lowest BCUT2D eigenvalue weighted by molar-refractivity contribution is 0.173. The summed E-state index contributed by atoms with van der Waals surface area (Å²) in [5, 5.41) is 10.4. The fourth-order valence-electron chi connectivity index (χ4n) is 2.43. The fraction of sp³-hybridized carbons (Fsp3) is 0.294. The SMILES string of the molecule is CCCc1ccc(C(O)c2ccc3c(c2)OCO3)cc1. The zero-order valence-corrected chi connectivity index (χ0v) is 11.5. The first-order valence-electron chi connectivity index (χ1n) is 6.94. The molecule has 1 aliphatic rings. The van der Waals surface area contributed by atoms with Gasteiger partial charge in [0.2, 0.25) is 6.79 Å². The molecule has 0 aliphatic carbocycles. The molecule has 1 atom stereocenters. The quantitative estimate of drug-likeness (QED) is 0.924. The van der Waals surface area contributed by atoms with Crippen LogP contribution in [0.3, 0.4) is 0 Å². The second-order valence-corrected chi connectivity index (χ2v) is 5.01. The Labute approximate surface area is 118 Å². The van der Waals surface area contributed by atoms with E-state index in [0.717, 1.165) is 29.7 Å². The van der Waals surface area contributed by atoms with E-state index in [0.29, 0.717) is 5.75 Å². The summed E-state index contributed by atoms with van der Waals surface area (Å²) < 4.78 is 10.6. The van der Waals surface area contributed by atoms with E-state index in [1.165, 1.54) is 5.56 Å². The van der Waals surface area contributed by atoms with Gasteiger partial charge in [-0.05, 0) is 35.2 Å². The van der Waals surface area contributed by atoms with Gasteiger partial charge in [-0.1, -0.05) is 43.7 Å². The van der Waals surface area contributed by atoms with Crippen LogP contribution in [0.1, 0.15) is 36.1 Å². The second-order valence-electron chi connectivity index (χ2n) is 5.01. The molecule has 3 rings (SSSR count). The minimum Gasteiger partial charge on any atom is -0.454 e. The zero-order valence-electron chi connectivity index (χ0n) is 11.5. The summed E-state index contributed by atoms with van der Waals surface area (Å²) in [6, 6.07) is 13.7. The van der Waals surface area contributed by atoms with Crippen LogP contribution in [0.15, 0.2) is 42.5 Å². The molecule has 1 heterocycles. The van der Waals surface area contributed by atoms with E-state index in [4.69, 9.17) is 9.47 Å². The first kappa shape index (κ1) is 13.0. The summed E-state index contributed by atoms with van der Waals surface area (Å²) in [4.78, 5) is 0. The predicted molar refractivity (Wildman–Crippen MR) is 77.1 cm³/mol. The molecule has 104 valence electrons. The molecule has 0 saturated carbocycles. The summed E-state index contributed by atoms with van der Waals surface area (Å²) >= 11 is 0. The highest BCUT2D eigenvalue weighted by Crippen LogP contribution is 2.35. The molecule has 0 amide bonds. The van der Waals surface area contributed by atoms with Crippen molar-refractivity contribution in [2.75, 3.05) is 6.79 Å². The van der Waals surface area contributed by atoms with Gasteiger partial charge >= 0.3 is 0 Å². The summed E-state index contributed by atoms with van der Waals surface area (Å²) in [6.45, 7) is 2.41. The van der Waals surface area contributed by atoms with Crippen LogP contribution >= 0.6 is 0 Å². The molecule has 1 N–H and O–H groups in total. The molecule has 2 aromatic carbocycles. The topological polar surface area (TPSA) is 38.7 Å². The van der Waals surface area contributed by atoms with Gasteiger partial charge in [0.1, 0.15) is 6.10 Å². The standard InChI is InChI=1S/C17H18O3/c1-2-3-12-4-6-13(7-5-12)17(18)14-8-9-15-16(10-14)20-11-19-15/h4-10,17-18H,2-3,11H2,1H3. The maximum Gasteiger partial charge on any atom is 0.231 e. The monoisotopic (exact) mass is 270 g/mol. The van der Waals surface area contributed by atoms with Crippen molar-refractivity contribution in [3.8, 4) is 11.5 Å². The van der Waals surface area contributed by atoms with Crippen molar-refractivity contribution in [1.29, 1.82) is 0 Å². The molecule has 3 heteroatoms. The van der Waals surface area contributed by atoms with Crippen LogP contribution < -0.4 is 9.47 Å². The lowest BCUT2D eigenvalue weighted by atomic mass is 9.99. The number of fused-ring (bicyclic) bond motifs is 1. The Hall–Kier alpha value is -2.00. The molecule has 3 nitrogen and oxygen atoms in total. The Morgan fingerprint density at radius 2 is 1.70 bits per heavy atom. The van der Waals surface area contributed by atoms with Gasteiger partial charge in [0.05, 0.1) is 0 Å². The van der Waals surface area contributed by atoms with Gasteiger partial charge in [0.15, 0.2) is 11.5 Å². The van der Waals surface area contributed by atoms with Gasteiger partial charge in [-0.3, -0.25) is 0 Å². The molecular weight excluding hydrogens is 252 g/mol. The van der Waals surface area contributed by atoms with E-state index >= 15 is 0 Å². The number of hydrogen-bond donors (Lipinski definition) is 1. The van der Waals surface area contributed by atoms with Gasteiger partial charge in [0, 0.05) is 0 Å². The van der Waals surface area contributed by atoms with Crippen LogP contribution in [-0.4, -0.2) is 11.9 Å². The Bertz CT molecular complexity index is 590. The predicted octanol–water partition coefficient (Wildman–Crippen LogP) is 3.45. The molecule has 20 heavy (non-hydrogen) atoms. The summed E-state index contributed by atoms with van der Waals surface area (Å²) in [7, 11) is 0. The Kier molecular flexibility index (Phi) is 3.61. The van der Waals surface area contributed by atoms with Crippen molar-refractivity contribution >= 4 is 0 Å². The minimum absolute atomic E-state index is 0.251. The van der Waals surface area contributed by atoms with E-state index in [9.17, 15) is 5.11 Å². The number of aryl methyl sites for hydroxylation is 1. The van der Waals surface area contributed by atoms with E-state index in [2.05, 4.69) is 19.1 Å². The Balaban J connectivity index is 1.82. The molecule has 0 fully saturated rings. The van der Waals surface area contributed by atoms with Crippen LogP contribution in [-0.2, 0) is 6.42 Å². The number of ether oxygens (including phenoxy) is 2. The van der Waals surface area contributed by atoms with Crippen molar-refractivity contribution < 1.29 is 14.6 Å². The van der Waals surface area contributed by atoms with Crippen molar-refractivity contribution in [1.82, 2.24) is 0 Å². The zero-order chi connectivity index (χ0) is 13.9. The maximum absolute atomic E-state index is 10.4. The van der Waals surface area contributed by atoms with Gasteiger partial charge in [0.25, 0.3) is 0 Å². The van der Waals surface area contributed by atoms with E-state index < -0.39 is 6.10 Å². The number of hydrogen-bond acceptors (Lipinski definition) is 3. The van der Waals surface area contributed by atoms with Crippen molar-refractivity contribution in [3.05, 3.63) is 59.2 Å². The van der Waals surface area contributed by atoms with Crippen LogP contribution in [0.5, 0.6) is 11.5 Å². The molecule has 1 unspecified atom stereocenters. The average molecular weight is 270 g/mol. The number of aliphatic hydroxyl groups is 1. The molecule has 0 radical (unpaired) electrons.